The SMILES string of the molecule is [2H]C([2H])([2H])N1CC[C@]23c4c5ccc(OC)c4O[C@H]2[C@@H](OC(C)=O)C=C[C@H]3[C@H]1C5. The zero-order chi connectivity index (χ0) is 19.8. The number of esters is 1. The Kier molecular flexibility index (Phi) is 2.48. The summed E-state index contributed by atoms with van der Waals surface area (Å²) in [5, 5.41) is 0. The van der Waals surface area contributed by atoms with E-state index < -0.39 is 18.5 Å². The zero-order valence-corrected chi connectivity index (χ0v) is 14.3. The molecule has 132 valence electrons. The first kappa shape index (κ1) is 12.4. The molecule has 0 N–H and O–H groups in total. The van der Waals surface area contributed by atoms with Gasteiger partial charge >= 0.3 is 5.97 Å². The molecule has 1 fully saturated rings. The first-order valence-corrected chi connectivity index (χ1v) is 8.76. The van der Waals surface area contributed by atoms with Crippen molar-refractivity contribution in [2.24, 2.45) is 5.92 Å². The Bertz CT molecular complexity index is 883. The number of nitrogens with zero attached hydrogens (tertiary/aromatic N) is 1. The standard InChI is InChI=1S/C20H23NO4/c1-11(22)24-16-7-5-13-14-10-12-4-6-15(23-3)18-17(12)20(13,19(16)25-18)8-9-21(14)2/h4-7,13-14,16,19H,8-10H2,1-3H3/t13-,14+,16-,19-,20-/m0/s1/i2D3. The van der Waals surface area contributed by atoms with Crippen molar-refractivity contribution < 1.29 is 23.1 Å². The van der Waals surface area contributed by atoms with E-state index in [1.807, 2.05) is 24.3 Å². The van der Waals surface area contributed by atoms with Gasteiger partial charge in [-0.2, -0.15) is 0 Å². The highest BCUT2D eigenvalue weighted by molar-refractivity contribution is 5.67. The molecule has 0 saturated carbocycles. The topological polar surface area (TPSA) is 48.0 Å². The summed E-state index contributed by atoms with van der Waals surface area (Å²) in [6.45, 7) is -0.296. The highest BCUT2D eigenvalue weighted by atomic mass is 16.6. The third kappa shape index (κ3) is 1.79. The van der Waals surface area contributed by atoms with Crippen LogP contribution >= 0.6 is 0 Å². The molecule has 5 heteroatoms. The van der Waals surface area contributed by atoms with Crippen molar-refractivity contribution in [3.8, 4) is 11.5 Å². The largest absolute Gasteiger partial charge is 0.493 e. The minimum Gasteiger partial charge on any atom is -0.493 e. The Morgan fingerprint density at radius 3 is 3.08 bits per heavy atom. The van der Waals surface area contributed by atoms with E-state index in [1.165, 1.54) is 6.92 Å². The predicted molar refractivity (Wildman–Crippen MR) is 92.0 cm³/mol. The van der Waals surface area contributed by atoms with Crippen molar-refractivity contribution >= 4 is 5.97 Å². The molecular formula is C20H23NO4. The predicted octanol–water partition coefficient (Wildman–Crippen LogP) is 2.07. The van der Waals surface area contributed by atoms with E-state index in [2.05, 4.69) is 0 Å². The van der Waals surface area contributed by atoms with Gasteiger partial charge in [0.25, 0.3) is 0 Å². The minimum absolute atomic E-state index is 0.0145. The Balaban J connectivity index is 1.71. The van der Waals surface area contributed by atoms with Crippen LogP contribution in [0.3, 0.4) is 0 Å². The maximum Gasteiger partial charge on any atom is 0.303 e. The second-order valence-corrected chi connectivity index (χ2v) is 7.41. The maximum atomic E-state index is 11.7. The lowest BCUT2D eigenvalue weighted by Gasteiger charge is -2.56. The average Bonchev–Trinajstić information content (AvgIpc) is 2.95. The van der Waals surface area contributed by atoms with Crippen molar-refractivity contribution in [3.63, 3.8) is 0 Å². The molecule has 4 aliphatic rings. The summed E-state index contributed by atoms with van der Waals surface area (Å²) in [6.07, 6.45) is 4.32. The number of piperidine rings is 1. The Morgan fingerprint density at radius 1 is 1.44 bits per heavy atom. The molecule has 0 aromatic heterocycles. The van der Waals surface area contributed by atoms with Crippen molar-refractivity contribution in [3.05, 3.63) is 35.4 Å². The number of carbonyl (C=O) groups excluding carboxylic acids is 1. The molecule has 2 aliphatic heterocycles. The molecule has 0 amide bonds. The van der Waals surface area contributed by atoms with Gasteiger partial charge in [-0.1, -0.05) is 12.1 Å². The van der Waals surface area contributed by atoms with Gasteiger partial charge in [-0.25, -0.2) is 0 Å². The number of likely N-dealkylation sites (N-methyl/N-ethyl adjacent to an activating group) is 1. The quantitative estimate of drug-likeness (QED) is 0.607. The number of hydrogen-bond donors (Lipinski definition) is 0. The van der Waals surface area contributed by atoms with Crippen molar-refractivity contribution in [2.45, 2.75) is 43.4 Å². The molecule has 5 rings (SSSR count). The second-order valence-electron chi connectivity index (χ2n) is 7.41. The van der Waals surface area contributed by atoms with E-state index in [9.17, 15) is 4.79 Å². The van der Waals surface area contributed by atoms with Crippen molar-refractivity contribution in [1.82, 2.24) is 4.90 Å². The van der Waals surface area contributed by atoms with Gasteiger partial charge in [-0.15, -0.1) is 0 Å². The summed E-state index contributed by atoms with van der Waals surface area (Å²) in [5.74, 6) is 1.01. The molecule has 25 heavy (non-hydrogen) atoms. The number of hydrogen-bond acceptors (Lipinski definition) is 5. The molecule has 2 heterocycles. The van der Waals surface area contributed by atoms with Crippen LogP contribution < -0.4 is 9.47 Å². The van der Waals surface area contributed by atoms with Crippen LogP contribution in [-0.4, -0.2) is 49.7 Å². The summed E-state index contributed by atoms with van der Waals surface area (Å²) >= 11 is 0. The fourth-order valence-electron chi connectivity index (χ4n) is 5.48. The fraction of sp³-hybridized carbons (Fsp3) is 0.550. The van der Waals surface area contributed by atoms with Crippen LogP contribution in [-0.2, 0) is 21.4 Å². The smallest absolute Gasteiger partial charge is 0.303 e. The second kappa shape index (κ2) is 5.01. The third-order valence-corrected chi connectivity index (χ3v) is 6.36. The third-order valence-electron chi connectivity index (χ3n) is 6.36. The van der Waals surface area contributed by atoms with Crippen molar-refractivity contribution in [2.75, 3.05) is 20.6 Å². The number of ether oxygens (including phenoxy) is 3. The van der Waals surface area contributed by atoms with Gasteiger partial charge < -0.3 is 19.1 Å². The van der Waals surface area contributed by atoms with Crippen LogP contribution in [0.4, 0.5) is 0 Å². The van der Waals surface area contributed by atoms with Crippen LogP contribution in [0.5, 0.6) is 11.5 Å². The lowest BCUT2D eigenvalue weighted by atomic mass is 9.53. The van der Waals surface area contributed by atoms with Crippen LogP contribution in [0, 0.1) is 5.92 Å². The first-order chi connectivity index (χ1) is 13.3. The van der Waals surface area contributed by atoms with Gasteiger partial charge in [-0.05, 0) is 44.1 Å². The molecule has 2 aliphatic carbocycles. The lowest BCUT2D eigenvalue weighted by molar-refractivity contribution is -0.152. The van der Waals surface area contributed by atoms with Crippen molar-refractivity contribution in [1.29, 1.82) is 0 Å². The van der Waals surface area contributed by atoms with Gasteiger partial charge in [0.05, 0.1) is 7.11 Å². The van der Waals surface area contributed by atoms with Gasteiger partial charge in [0.15, 0.2) is 17.6 Å². The van der Waals surface area contributed by atoms with E-state index in [4.69, 9.17) is 18.3 Å². The number of carbonyl (C=O) groups is 1. The first-order valence-electron chi connectivity index (χ1n) is 10.3. The zero-order valence-electron chi connectivity index (χ0n) is 17.3. The van der Waals surface area contributed by atoms with Gasteiger partial charge in [0.2, 0.25) is 0 Å². The molecule has 0 radical (unpaired) electrons. The summed E-state index contributed by atoms with van der Waals surface area (Å²) in [7, 11) is 1.61. The van der Waals surface area contributed by atoms with Crippen LogP contribution in [0.25, 0.3) is 0 Å². The molecule has 2 bridgehead atoms. The normalized spacial score (nSPS) is 39.5. The highest BCUT2D eigenvalue weighted by Gasteiger charge is 2.65. The Morgan fingerprint density at radius 2 is 2.32 bits per heavy atom. The monoisotopic (exact) mass is 344 g/mol. The highest BCUT2D eigenvalue weighted by Crippen LogP contribution is 2.62. The number of rotatable bonds is 2. The Labute approximate surface area is 151 Å². The number of likely N-dealkylation sites (tertiary alicyclic amines) is 1. The number of benzene rings is 1. The molecule has 1 aromatic rings. The summed E-state index contributed by atoms with van der Waals surface area (Å²) in [4.78, 5) is 13.3. The fourth-order valence-corrected chi connectivity index (χ4v) is 5.48. The molecule has 1 spiro atoms. The average molecular weight is 344 g/mol. The van der Waals surface area contributed by atoms with Crippen LogP contribution in [0.15, 0.2) is 24.3 Å². The van der Waals surface area contributed by atoms with E-state index in [1.54, 1.807) is 12.0 Å². The van der Waals surface area contributed by atoms with Gasteiger partial charge in [0, 0.05) is 34.0 Å². The van der Waals surface area contributed by atoms with E-state index in [0.29, 0.717) is 25.1 Å². The van der Waals surface area contributed by atoms with Crippen LogP contribution in [0.2, 0.25) is 0 Å². The molecular weight excluding hydrogens is 318 g/mol. The maximum absolute atomic E-state index is 11.7. The van der Waals surface area contributed by atoms with E-state index >= 15 is 0 Å². The molecule has 1 saturated heterocycles. The summed E-state index contributed by atoms with van der Waals surface area (Å²) in [5.41, 5.74) is 1.81. The van der Waals surface area contributed by atoms with E-state index in [-0.39, 0.29) is 24.0 Å². The Hall–Kier alpha value is -2.01. The summed E-state index contributed by atoms with van der Waals surface area (Å²) in [6, 6.07) is 3.76. The van der Waals surface area contributed by atoms with Crippen LogP contribution in [0.1, 0.15) is 28.6 Å². The van der Waals surface area contributed by atoms with Gasteiger partial charge in [0.1, 0.15) is 6.10 Å². The molecule has 5 nitrogen and oxygen atoms in total. The van der Waals surface area contributed by atoms with E-state index in [0.717, 1.165) is 16.9 Å². The molecule has 5 atom stereocenters. The summed E-state index contributed by atoms with van der Waals surface area (Å²) < 4.78 is 41.6. The number of methoxy groups -OCH3 is 1. The molecule has 1 aromatic carbocycles. The lowest BCUT2D eigenvalue weighted by Crippen LogP contribution is -2.65. The minimum atomic E-state index is -2.14. The molecule has 0 unspecified atom stereocenters. The van der Waals surface area contributed by atoms with Gasteiger partial charge in [-0.3, -0.25) is 4.79 Å².